The summed E-state index contributed by atoms with van der Waals surface area (Å²) in [6, 6.07) is 66.5. The van der Waals surface area contributed by atoms with Crippen LogP contribution in [0.5, 0.6) is 0 Å². The zero-order valence-corrected chi connectivity index (χ0v) is 75.9. The van der Waals surface area contributed by atoms with Gasteiger partial charge in [0.05, 0.1) is 79.3 Å². The molecule has 2 saturated heterocycles. The van der Waals surface area contributed by atoms with Gasteiger partial charge in [0.1, 0.15) is 49.3 Å². The normalized spacial score (nSPS) is 19.5. The highest BCUT2D eigenvalue weighted by atomic mass is 31.2. The van der Waals surface area contributed by atoms with Crippen molar-refractivity contribution in [3.8, 4) is 0 Å². The summed E-state index contributed by atoms with van der Waals surface area (Å²) in [5, 5.41) is 0. The third-order valence-electron chi connectivity index (χ3n) is 22.2. The van der Waals surface area contributed by atoms with Gasteiger partial charge in [0.25, 0.3) is 0 Å². The summed E-state index contributed by atoms with van der Waals surface area (Å²) in [4.78, 5) is 55.5. The largest absolute Gasteiger partial charge is 0.475 e. The second kappa shape index (κ2) is 61.6. The van der Waals surface area contributed by atoms with Crippen molar-refractivity contribution in [1.29, 1.82) is 0 Å². The lowest BCUT2D eigenvalue weighted by Gasteiger charge is -2.46. The summed E-state index contributed by atoms with van der Waals surface area (Å²) in [6.45, 7) is 4.79. The summed E-state index contributed by atoms with van der Waals surface area (Å²) >= 11 is 0. The predicted molar refractivity (Wildman–Crippen MR) is 484 cm³/mol. The van der Waals surface area contributed by atoms with Gasteiger partial charge in [0.2, 0.25) is 0 Å². The molecule has 0 spiro atoms. The molecule has 0 aromatic heterocycles. The number of carbonyl (C=O) groups excluding carboxylic acids is 4. The van der Waals surface area contributed by atoms with Crippen LogP contribution in [-0.4, -0.2) is 137 Å². The van der Waals surface area contributed by atoms with E-state index in [1.54, 1.807) is 24.3 Å². The van der Waals surface area contributed by atoms with E-state index >= 15 is 4.57 Å². The number of phosphoric acid groups is 1. The highest BCUT2D eigenvalue weighted by Gasteiger charge is 2.53. The number of esters is 4. The Morgan fingerprint density at radius 3 is 0.929 bits per heavy atom. The molecular formula is C103H141O22P. The van der Waals surface area contributed by atoms with E-state index in [2.05, 4.69) is 13.8 Å². The van der Waals surface area contributed by atoms with E-state index in [0.29, 0.717) is 18.4 Å². The van der Waals surface area contributed by atoms with Gasteiger partial charge in [-0.3, -0.25) is 32.7 Å². The van der Waals surface area contributed by atoms with E-state index in [4.69, 9.17) is 79.9 Å². The lowest BCUT2D eigenvalue weighted by atomic mass is 9.97. The number of phosphoric ester groups is 1. The molecule has 2 aliphatic heterocycles. The van der Waals surface area contributed by atoms with Gasteiger partial charge < -0.3 is 66.3 Å². The van der Waals surface area contributed by atoms with E-state index in [-0.39, 0.29) is 72.3 Å². The molecule has 7 aromatic carbocycles. The fourth-order valence-electron chi connectivity index (χ4n) is 15.4. The molecule has 0 saturated carbocycles. The number of hydrogen-bond donors (Lipinski definition) is 0. The van der Waals surface area contributed by atoms with Gasteiger partial charge in [-0.1, -0.05) is 380 Å². The monoisotopic (exact) mass is 1760 g/mol. The minimum Gasteiger partial charge on any atom is -0.462 e. The molecule has 12 atom stereocenters. The van der Waals surface area contributed by atoms with Crippen molar-refractivity contribution in [1.82, 2.24) is 0 Å². The fourth-order valence-corrected chi connectivity index (χ4v) is 16.7. The second-order valence-corrected chi connectivity index (χ2v) is 34.6. The Morgan fingerprint density at radius 2 is 0.603 bits per heavy atom. The Hall–Kier alpha value is -7.87. The minimum atomic E-state index is -5.09. The lowest BCUT2D eigenvalue weighted by Crippen LogP contribution is -2.62. The van der Waals surface area contributed by atoms with Crippen LogP contribution in [0.15, 0.2) is 212 Å². The Morgan fingerprint density at radius 1 is 0.310 bits per heavy atom. The average Bonchev–Trinajstić information content (AvgIpc) is 0.788. The fraction of sp³-hybridized carbons (Fsp3) is 0.553. The molecule has 0 bridgehead atoms. The molecule has 690 valence electrons. The zero-order valence-electron chi connectivity index (χ0n) is 75.1. The minimum absolute atomic E-state index is 0.0312. The van der Waals surface area contributed by atoms with Gasteiger partial charge in [-0.25, -0.2) is 4.57 Å². The molecule has 0 aliphatic carbocycles. The maximum Gasteiger partial charge on any atom is 0.475 e. The molecule has 126 heavy (non-hydrogen) atoms. The van der Waals surface area contributed by atoms with Crippen LogP contribution >= 0.6 is 7.82 Å². The highest BCUT2D eigenvalue weighted by Crippen LogP contribution is 2.52. The predicted octanol–water partition coefficient (Wildman–Crippen LogP) is 22.3. The molecule has 7 aromatic rings. The number of rotatable bonds is 67. The summed E-state index contributed by atoms with van der Waals surface area (Å²) in [5.41, 5.74) is 5.65. The van der Waals surface area contributed by atoms with Crippen molar-refractivity contribution in [2.75, 3.05) is 39.6 Å². The van der Waals surface area contributed by atoms with Crippen LogP contribution in [-0.2, 0) is 150 Å². The van der Waals surface area contributed by atoms with E-state index in [1.165, 1.54) is 117 Å². The van der Waals surface area contributed by atoms with Crippen molar-refractivity contribution in [2.45, 2.75) is 327 Å². The number of unbranched alkanes of at least 4 members (excludes halogenated alkanes) is 24. The summed E-state index contributed by atoms with van der Waals surface area (Å²) in [7, 11) is -5.09. The van der Waals surface area contributed by atoms with Gasteiger partial charge in [-0.15, -0.1) is 0 Å². The van der Waals surface area contributed by atoms with Crippen LogP contribution in [0, 0.1) is 0 Å². The van der Waals surface area contributed by atoms with Crippen LogP contribution in [0.1, 0.15) is 246 Å². The molecule has 2 fully saturated rings. The Labute approximate surface area is 749 Å². The van der Waals surface area contributed by atoms with Crippen molar-refractivity contribution in [3.63, 3.8) is 0 Å². The Kier molecular flexibility index (Phi) is 49.8. The Balaban J connectivity index is 1.05. The van der Waals surface area contributed by atoms with Gasteiger partial charge in [0, 0.05) is 26.7 Å². The van der Waals surface area contributed by atoms with Crippen LogP contribution in [0.3, 0.4) is 0 Å². The molecule has 1 unspecified atom stereocenters. The van der Waals surface area contributed by atoms with Gasteiger partial charge in [0.15, 0.2) is 30.9 Å². The number of ether oxygens (including phenoxy) is 14. The van der Waals surface area contributed by atoms with E-state index in [9.17, 15) is 19.2 Å². The molecule has 0 amide bonds. The van der Waals surface area contributed by atoms with Crippen LogP contribution < -0.4 is 0 Å². The van der Waals surface area contributed by atoms with Crippen molar-refractivity contribution < 1.29 is 104 Å². The molecule has 9 rings (SSSR count). The maximum atomic E-state index is 16.5. The molecular weight excluding hydrogens is 1620 g/mol. The molecule has 2 heterocycles. The van der Waals surface area contributed by atoms with Crippen molar-refractivity contribution in [2.24, 2.45) is 0 Å². The SMILES string of the molecule is CCCCCCCCCCCCCCCC(=O)OC[C@H](COP(=O)(OCc1ccccc1)OC(CO[C@H]1O[C@H](COCc2ccccc2)[C@@H](OCc2ccccc2)[C@H](OCc2ccccc2)[C@@H]1OC(C)=O)CO[C@H]1O[C@H](COCc2ccccc2)[C@@H](OCc2ccccc2)[C@H](OCc2ccccc2)[C@@H]1OC(C)=O)OC(=O)CCCCCCCCCCCCCCC. The quantitative estimate of drug-likeness (QED) is 0.0149. The molecule has 2 aliphatic rings. The van der Waals surface area contributed by atoms with Crippen molar-refractivity contribution in [3.05, 3.63) is 251 Å². The van der Waals surface area contributed by atoms with Gasteiger partial charge in [-0.2, -0.15) is 0 Å². The molecule has 23 heteroatoms. The molecule has 0 radical (unpaired) electrons. The summed E-state index contributed by atoms with van der Waals surface area (Å²) in [5.74, 6) is -2.46. The molecule has 22 nitrogen and oxygen atoms in total. The third kappa shape index (κ3) is 40.8. The smallest absolute Gasteiger partial charge is 0.462 e. The first-order valence-corrected chi connectivity index (χ1v) is 48.0. The number of hydrogen-bond acceptors (Lipinski definition) is 22. The lowest BCUT2D eigenvalue weighted by molar-refractivity contribution is -0.331. The average molecular weight is 1760 g/mol. The van der Waals surface area contributed by atoms with E-state index in [0.717, 1.165) is 84.7 Å². The van der Waals surface area contributed by atoms with E-state index in [1.807, 2.05) is 188 Å². The van der Waals surface area contributed by atoms with E-state index < -0.39 is 132 Å². The third-order valence-corrected chi connectivity index (χ3v) is 23.7. The van der Waals surface area contributed by atoms with Crippen LogP contribution in [0.4, 0.5) is 0 Å². The zero-order chi connectivity index (χ0) is 88.5. The first kappa shape index (κ1) is 102. The summed E-state index contributed by atoms with van der Waals surface area (Å²) < 4.78 is 130. The number of benzene rings is 7. The Bertz CT molecular complexity index is 3850. The molecule has 0 N–H and O–H groups in total. The number of carbonyl (C=O) groups is 4. The topological polar surface area (TPSA) is 242 Å². The first-order valence-electron chi connectivity index (χ1n) is 46.5. The van der Waals surface area contributed by atoms with Crippen LogP contribution in [0.2, 0.25) is 0 Å². The standard InChI is InChI=1S/C103H141O22P/c1-5-7-9-11-13-15-17-19-21-23-25-27-50-66-94(106)111-75-90(122-95(107)67-51-28-26-24-22-20-18-16-14-12-10-8-6-2)78-119-126(108,118-74-89-64-48-35-49-65-89)125-91(76-116-102-100(120-81(3)104)98(114-72-87-60-44-33-45-61-87)96(112-70-85-56-40-31-41-57-85)92(123-102)79-109-68-83-52-36-29-37-53-83)77-117-103-101(121-82(4)105)99(115-73-88-62-46-34-47-63-88)97(113-71-86-58-42-32-43-59-86)93(124-103)80-110-69-84-54-38-30-39-55-84/h29-49,52-65,90-93,96-103H,5-28,50-51,66-80H2,1-4H3/t90-,92-,93-,96-,97-,98+,99+,100+,101+,102+,103+,126?/m1/s1. The maximum absolute atomic E-state index is 16.5. The highest BCUT2D eigenvalue weighted by molar-refractivity contribution is 7.48. The second-order valence-electron chi connectivity index (χ2n) is 33.0. The summed E-state index contributed by atoms with van der Waals surface area (Å²) in [6.07, 6.45) is 14.7. The van der Waals surface area contributed by atoms with Crippen LogP contribution in [0.25, 0.3) is 0 Å². The first-order chi connectivity index (χ1) is 61.8. The van der Waals surface area contributed by atoms with Crippen molar-refractivity contribution >= 4 is 31.7 Å². The van der Waals surface area contributed by atoms with Gasteiger partial charge >= 0.3 is 31.7 Å². The van der Waals surface area contributed by atoms with Gasteiger partial charge in [-0.05, 0) is 51.8 Å².